The normalized spacial score (nSPS) is 36.0. The van der Waals surface area contributed by atoms with Crippen LogP contribution in [-0.2, 0) is 0 Å². The van der Waals surface area contributed by atoms with Crippen LogP contribution < -0.4 is 5.32 Å². The van der Waals surface area contributed by atoms with Crippen LogP contribution in [-0.4, -0.2) is 37.1 Å². The van der Waals surface area contributed by atoms with Crippen molar-refractivity contribution in [2.24, 2.45) is 5.41 Å². The van der Waals surface area contributed by atoms with Gasteiger partial charge in [0.1, 0.15) is 0 Å². The number of nitrogens with one attached hydrogen (secondary N) is 1. The van der Waals surface area contributed by atoms with Gasteiger partial charge in [-0.25, -0.2) is 0 Å². The summed E-state index contributed by atoms with van der Waals surface area (Å²) < 4.78 is 0. The second kappa shape index (κ2) is 3.00. The Morgan fingerprint density at radius 2 is 2.25 bits per heavy atom. The number of nitrogens with zero attached hydrogens (tertiary/aromatic N) is 1. The van der Waals surface area contributed by atoms with Crippen LogP contribution in [0.5, 0.6) is 0 Å². The molecule has 1 atom stereocenters. The molecule has 0 spiro atoms. The molecular weight excluding hydrogens is 148 g/mol. The summed E-state index contributed by atoms with van der Waals surface area (Å²) in [5, 5.41) is 3.57. The van der Waals surface area contributed by atoms with Crippen molar-refractivity contribution < 1.29 is 0 Å². The fourth-order valence-corrected chi connectivity index (χ4v) is 2.52. The lowest BCUT2D eigenvalue weighted by Crippen LogP contribution is -2.36. The molecule has 0 amide bonds. The smallest absolute Gasteiger partial charge is 0.0221 e. The maximum Gasteiger partial charge on any atom is 0.0221 e. The molecule has 1 unspecified atom stereocenters. The fourth-order valence-electron chi connectivity index (χ4n) is 2.52. The monoisotopic (exact) mass is 168 g/mol. The lowest BCUT2D eigenvalue weighted by atomic mass is 9.93. The first-order chi connectivity index (χ1) is 5.67. The molecule has 12 heavy (non-hydrogen) atoms. The van der Waals surface area contributed by atoms with Crippen molar-refractivity contribution in [1.82, 2.24) is 10.2 Å². The highest BCUT2D eigenvalue weighted by Crippen LogP contribution is 2.25. The predicted octanol–water partition coefficient (Wildman–Crippen LogP) is 1.08. The van der Waals surface area contributed by atoms with E-state index < -0.39 is 0 Å². The molecule has 0 saturated carbocycles. The van der Waals surface area contributed by atoms with Gasteiger partial charge in [0.2, 0.25) is 0 Å². The minimum Gasteiger partial charge on any atom is -0.315 e. The van der Waals surface area contributed by atoms with Gasteiger partial charge in [-0.15, -0.1) is 0 Å². The summed E-state index contributed by atoms with van der Waals surface area (Å²) in [5.74, 6) is 0. The molecule has 2 aliphatic heterocycles. The third-order valence-corrected chi connectivity index (χ3v) is 3.11. The molecule has 0 aromatic rings. The van der Waals surface area contributed by atoms with Crippen molar-refractivity contribution in [1.29, 1.82) is 0 Å². The first-order valence-corrected chi connectivity index (χ1v) is 5.12. The molecule has 0 radical (unpaired) electrons. The molecule has 0 aromatic heterocycles. The highest BCUT2D eigenvalue weighted by molar-refractivity contribution is 4.89. The standard InChI is InChI=1S/C10H20N2/c1-10(2)7-11-6-9-4-3-5-12(9)8-10/h9,11H,3-8H2,1-2H3. The van der Waals surface area contributed by atoms with Crippen molar-refractivity contribution in [2.45, 2.75) is 32.7 Å². The van der Waals surface area contributed by atoms with Crippen LogP contribution in [0.25, 0.3) is 0 Å². The van der Waals surface area contributed by atoms with Gasteiger partial charge in [-0.2, -0.15) is 0 Å². The highest BCUT2D eigenvalue weighted by Gasteiger charge is 2.32. The third kappa shape index (κ3) is 1.64. The van der Waals surface area contributed by atoms with Crippen LogP contribution in [0.3, 0.4) is 0 Å². The Bertz CT molecular complexity index is 165. The van der Waals surface area contributed by atoms with Crippen LogP contribution in [0.1, 0.15) is 26.7 Å². The maximum absolute atomic E-state index is 3.57. The van der Waals surface area contributed by atoms with Gasteiger partial charge in [-0.1, -0.05) is 13.8 Å². The lowest BCUT2D eigenvalue weighted by Gasteiger charge is -2.28. The summed E-state index contributed by atoms with van der Waals surface area (Å²) in [4.78, 5) is 2.67. The van der Waals surface area contributed by atoms with Gasteiger partial charge in [0, 0.05) is 25.7 Å². The first-order valence-electron chi connectivity index (χ1n) is 5.12. The van der Waals surface area contributed by atoms with Crippen LogP contribution >= 0.6 is 0 Å². The van der Waals surface area contributed by atoms with Crippen LogP contribution in [0, 0.1) is 5.41 Å². The van der Waals surface area contributed by atoms with E-state index in [0.29, 0.717) is 5.41 Å². The lowest BCUT2D eigenvalue weighted by molar-refractivity contribution is 0.197. The second-order valence-electron chi connectivity index (χ2n) is 5.06. The number of hydrogen-bond acceptors (Lipinski definition) is 2. The van der Waals surface area contributed by atoms with Gasteiger partial charge in [-0.3, -0.25) is 4.90 Å². The van der Waals surface area contributed by atoms with Crippen molar-refractivity contribution in [3.8, 4) is 0 Å². The topological polar surface area (TPSA) is 15.3 Å². The van der Waals surface area contributed by atoms with E-state index in [1.807, 2.05) is 0 Å². The van der Waals surface area contributed by atoms with Gasteiger partial charge in [0.25, 0.3) is 0 Å². The summed E-state index contributed by atoms with van der Waals surface area (Å²) in [6.45, 7) is 9.73. The molecule has 1 N–H and O–H groups in total. The molecule has 2 heteroatoms. The Morgan fingerprint density at radius 3 is 3.08 bits per heavy atom. The first kappa shape index (κ1) is 8.52. The molecule has 2 heterocycles. The van der Waals surface area contributed by atoms with E-state index >= 15 is 0 Å². The van der Waals surface area contributed by atoms with Gasteiger partial charge < -0.3 is 5.32 Å². The molecule has 0 aliphatic carbocycles. The summed E-state index contributed by atoms with van der Waals surface area (Å²) in [5.41, 5.74) is 0.471. The van der Waals surface area contributed by atoms with E-state index in [-0.39, 0.29) is 0 Å². The van der Waals surface area contributed by atoms with E-state index in [9.17, 15) is 0 Å². The number of hydrogen-bond donors (Lipinski definition) is 1. The predicted molar refractivity (Wildman–Crippen MR) is 51.2 cm³/mol. The highest BCUT2D eigenvalue weighted by atomic mass is 15.2. The second-order valence-corrected chi connectivity index (χ2v) is 5.06. The Kier molecular flexibility index (Phi) is 2.13. The molecule has 70 valence electrons. The van der Waals surface area contributed by atoms with Crippen LogP contribution in [0.15, 0.2) is 0 Å². The quantitative estimate of drug-likeness (QED) is 0.582. The Labute approximate surface area is 75.3 Å². The molecule has 2 aliphatic rings. The molecule has 0 aromatic carbocycles. The van der Waals surface area contributed by atoms with E-state index in [2.05, 4.69) is 24.1 Å². The SMILES string of the molecule is CC1(C)CNCC2CCCN2C1. The van der Waals surface area contributed by atoms with Crippen molar-refractivity contribution >= 4 is 0 Å². The zero-order chi connectivity index (χ0) is 8.60. The van der Waals surface area contributed by atoms with Crippen molar-refractivity contribution in [3.05, 3.63) is 0 Å². The maximum atomic E-state index is 3.57. The minimum atomic E-state index is 0.471. The average molecular weight is 168 g/mol. The molecule has 2 nitrogen and oxygen atoms in total. The van der Waals surface area contributed by atoms with Gasteiger partial charge in [0.05, 0.1) is 0 Å². The van der Waals surface area contributed by atoms with Gasteiger partial charge >= 0.3 is 0 Å². The van der Waals surface area contributed by atoms with E-state index in [4.69, 9.17) is 0 Å². The number of rotatable bonds is 0. The average Bonchev–Trinajstić information content (AvgIpc) is 2.31. The molecular formula is C10H20N2. The zero-order valence-corrected chi connectivity index (χ0v) is 8.27. The molecule has 2 fully saturated rings. The summed E-state index contributed by atoms with van der Waals surface area (Å²) in [7, 11) is 0. The van der Waals surface area contributed by atoms with Gasteiger partial charge in [0.15, 0.2) is 0 Å². The van der Waals surface area contributed by atoms with Crippen molar-refractivity contribution in [3.63, 3.8) is 0 Å². The number of fused-ring (bicyclic) bond motifs is 1. The Hall–Kier alpha value is -0.0800. The zero-order valence-electron chi connectivity index (χ0n) is 8.27. The summed E-state index contributed by atoms with van der Waals surface area (Å²) in [6.07, 6.45) is 2.81. The molecule has 2 rings (SSSR count). The van der Waals surface area contributed by atoms with E-state index in [1.165, 1.54) is 39.0 Å². The van der Waals surface area contributed by atoms with E-state index in [0.717, 1.165) is 6.04 Å². The molecule has 2 saturated heterocycles. The van der Waals surface area contributed by atoms with E-state index in [1.54, 1.807) is 0 Å². The van der Waals surface area contributed by atoms with Crippen LogP contribution in [0.2, 0.25) is 0 Å². The summed E-state index contributed by atoms with van der Waals surface area (Å²) >= 11 is 0. The molecule has 0 bridgehead atoms. The minimum absolute atomic E-state index is 0.471. The Morgan fingerprint density at radius 1 is 1.42 bits per heavy atom. The fraction of sp³-hybridized carbons (Fsp3) is 1.00. The van der Waals surface area contributed by atoms with Gasteiger partial charge in [-0.05, 0) is 24.8 Å². The third-order valence-electron chi connectivity index (χ3n) is 3.11. The van der Waals surface area contributed by atoms with Crippen molar-refractivity contribution in [2.75, 3.05) is 26.2 Å². The largest absolute Gasteiger partial charge is 0.315 e. The Balaban J connectivity index is 2.04. The van der Waals surface area contributed by atoms with Crippen LogP contribution in [0.4, 0.5) is 0 Å². The summed E-state index contributed by atoms with van der Waals surface area (Å²) in [6, 6.07) is 0.840.